The van der Waals surface area contributed by atoms with Crippen LogP contribution >= 0.6 is 0 Å². The monoisotopic (exact) mass is 337 g/mol. The van der Waals surface area contributed by atoms with E-state index in [1.54, 1.807) is 6.92 Å². The minimum absolute atomic E-state index is 0.00978. The molecule has 1 amide bonds. The fourth-order valence-corrected chi connectivity index (χ4v) is 3.24. The smallest absolute Gasteiger partial charge is 0.217 e. The van der Waals surface area contributed by atoms with E-state index < -0.39 is 0 Å². The maximum absolute atomic E-state index is 11.0. The third-order valence-corrected chi connectivity index (χ3v) is 4.71. The summed E-state index contributed by atoms with van der Waals surface area (Å²) in [5.74, 6) is 0.00978. The highest BCUT2D eigenvalue weighted by atomic mass is 16.1. The summed E-state index contributed by atoms with van der Waals surface area (Å²) in [6, 6.07) is 17.3. The van der Waals surface area contributed by atoms with E-state index in [-0.39, 0.29) is 5.91 Å². The first-order valence-electron chi connectivity index (χ1n) is 8.96. The molecule has 0 aromatic heterocycles. The van der Waals surface area contributed by atoms with Crippen molar-refractivity contribution in [3.63, 3.8) is 0 Å². The zero-order chi connectivity index (χ0) is 17.6. The number of nitrogens with one attached hydrogen (secondary N) is 1. The Morgan fingerprint density at radius 3 is 2.32 bits per heavy atom. The molecule has 2 aromatic rings. The Labute approximate surface area is 150 Å². The summed E-state index contributed by atoms with van der Waals surface area (Å²) in [5, 5.41) is 2.83. The van der Waals surface area contributed by atoms with Crippen LogP contribution in [0, 0.1) is 6.92 Å². The number of hydrogen-bond donors (Lipinski definition) is 1. The van der Waals surface area contributed by atoms with E-state index in [0.717, 1.165) is 38.3 Å². The molecule has 4 nitrogen and oxygen atoms in total. The standard InChI is InChI=1S/C21H27N3O/c1-17-4-3-5-21(14-17)24-12-10-23(11-13-24)16-20-8-6-19(7-9-20)15-22-18(2)25/h3-9,14H,10-13,15-16H2,1-2H3,(H,22,25). The molecule has 3 rings (SSSR count). The molecule has 1 aliphatic heterocycles. The summed E-state index contributed by atoms with van der Waals surface area (Å²) in [5.41, 5.74) is 5.13. The number of benzene rings is 2. The molecule has 0 atom stereocenters. The zero-order valence-corrected chi connectivity index (χ0v) is 15.2. The highest BCUT2D eigenvalue weighted by molar-refractivity contribution is 5.72. The topological polar surface area (TPSA) is 35.6 Å². The van der Waals surface area contributed by atoms with E-state index in [1.807, 2.05) is 0 Å². The van der Waals surface area contributed by atoms with E-state index in [2.05, 4.69) is 70.6 Å². The third kappa shape index (κ3) is 5.07. The van der Waals surface area contributed by atoms with Crippen molar-refractivity contribution in [1.82, 2.24) is 10.2 Å². The predicted octanol–water partition coefficient (Wildman–Crippen LogP) is 2.95. The van der Waals surface area contributed by atoms with Gasteiger partial charge >= 0.3 is 0 Å². The van der Waals surface area contributed by atoms with Crippen molar-refractivity contribution >= 4 is 11.6 Å². The van der Waals surface area contributed by atoms with E-state index in [9.17, 15) is 4.79 Å². The minimum atomic E-state index is 0.00978. The predicted molar refractivity (Wildman–Crippen MR) is 103 cm³/mol. The SMILES string of the molecule is CC(=O)NCc1ccc(CN2CCN(c3cccc(C)c3)CC2)cc1. The van der Waals surface area contributed by atoms with E-state index in [0.29, 0.717) is 6.54 Å². The summed E-state index contributed by atoms with van der Waals surface area (Å²) in [7, 11) is 0. The van der Waals surface area contributed by atoms with Gasteiger partial charge in [-0.15, -0.1) is 0 Å². The molecular formula is C21H27N3O. The van der Waals surface area contributed by atoms with Gasteiger partial charge < -0.3 is 10.2 Å². The Morgan fingerprint density at radius 2 is 1.68 bits per heavy atom. The van der Waals surface area contributed by atoms with Gasteiger partial charge in [0, 0.05) is 51.9 Å². The van der Waals surface area contributed by atoms with Crippen molar-refractivity contribution < 1.29 is 4.79 Å². The first kappa shape index (κ1) is 17.5. The number of amides is 1. The lowest BCUT2D eigenvalue weighted by Gasteiger charge is -2.36. The van der Waals surface area contributed by atoms with Gasteiger partial charge in [-0.25, -0.2) is 0 Å². The summed E-state index contributed by atoms with van der Waals surface area (Å²) in [4.78, 5) is 16.0. The normalized spacial score (nSPS) is 15.2. The van der Waals surface area contributed by atoms with Crippen LogP contribution in [0.3, 0.4) is 0 Å². The summed E-state index contributed by atoms with van der Waals surface area (Å²) in [6.45, 7) is 9.60. The second-order valence-electron chi connectivity index (χ2n) is 6.83. The van der Waals surface area contributed by atoms with Gasteiger partial charge in [-0.05, 0) is 35.7 Å². The fourth-order valence-electron chi connectivity index (χ4n) is 3.24. The average molecular weight is 337 g/mol. The Kier molecular flexibility index (Phi) is 5.71. The van der Waals surface area contributed by atoms with Crippen LogP contribution in [0.15, 0.2) is 48.5 Å². The lowest BCUT2D eigenvalue weighted by atomic mass is 10.1. The minimum Gasteiger partial charge on any atom is -0.369 e. The first-order valence-corrected chi connectivity index (χ1v) is 8.96. The first-order chi connectivity index (χ1) is 12.1. The number of carbonyl (C=O) groups is 1. The van der Waals surface area contributed by atoms with E-state index in [4.69, 9.17) is 0 Å². The second kappa shape index (κ2) is 8.17. The molecule has 1 N–H and O–H groups in total. The maximum Gasteiger partial charge on any atom is 0.217 e. The highest BCUT2D eigenvalue weighted by Gasteiger charge is 2.17. The summed E-state index contributed by atoms with van der Waals surface area (Å²) in [6.07, 6.45) is 0. The number of piperazine rings is 1. The van der Waals surface area contributed by atoms with Crippen molar-refractivity contribution in [2.24, 2.45) is 0 Å². The molecule has 0 spiro atoms. The molecule has 0 aliphatic carbocycles. The van der Waals surface area contributed by atoms with Crippen LogP contribution in [0.5, 0.6) is 0 Å². The number of anilines is 1. The zero-order valence-electron chi connectivity index (χ0n) is 15.2. The molecule has 1 aliphatic rings. The number of carbonyl (C=O) groups excluding carboxylic acids is 1. The Morgan fingerprint density at radius 1 is 1.00 bits per heavy atom. The lowest BCUT2D eigenvalue weighted by molar-refractivity contribution is -0.119. The van der Waals surface area contributed by atoms with Crippen molar-refractivity contribution in [1.29, 1.82) is 0 Å². The van der Waals surface area contributed by atoms with Gasteiger partial charge in [0.25, 0.3) is 0 Å². The van der Waals surface area contributed by atoms with Crippen LogP contribution in [0.4, 0.5) is 5.69 Å². The molecule has 1 saturated heterocycles. The van der Waals surface area contributed by atoms with Crippen LogP contribution in [0.25, 0.3) is 0 Å². The summed E-state index contributed by atoms with van der Waals surface area (Å²) >= 11 is 0. The second-order valence-corrected chi connectivity index (χ2v) is 6.83. The Balaban J connectivity index is 1.49. The van der Waals surface area contributed by atoms with Crippen molar-refractivity contribution in [2.45, 2.75) is 26.9 Å². The van der Waals surface area contributed by atoms with Crippen LogP contribution in [0.1, 0.15) is 23.6 Å². The Bertz CT molecular complexity index is 703. The van der Waals surface area contributed by atoms with Gasteiger partial charge in [-0.2, -0.15) is 0 Å². The molecule has 25 heavy (non-hydrogen) atoms. The molecule has 0 unspecified atom stereocenters. The van der Waals surface area contributed by atoms with Gasteiger partial charge in [0.05, 0.1) is 0 Å². The van der Waals surface area contributed by atoms with Gasteiger partial charge in [0.2, 0.25) is 5.91 Å². The molecule has 2 aromatic carbocycles. The number of aryl methyl sites for hydroxylation is 1. The molecule has 4 heteroatoms. The van der Waals surface area contributed by atoms with Crippen LogP contribution in [0.2, 0.25) is 0 Å². The number of nitrogens with zero attached hydrogens (tertiary/aromatic N) is 2. The molecule has 0 saturated carbocycles. The quantitative estimate of drug-likeness (QED) is 0.911. The molecule has 0 bridgehead atoms. The largest absolute Gasteiger partial charge is 0.369 e. The van der Waals surface area contributed by atoms with Gasteiger partial charge in [0.15, 0.2) is 0 Å². The van der Waals surface area contributed by atoms with Crippen LogP contribution in [-0.4, -0.2) is 37.0 Å². The van der Waals surface area contributed by atoms with Crippen molar-refractivity contribution in [2.75, 3.05) is 31.1 Å². The average Bonchev–Trinajstić information content (AvgIpc) is 2.62. The molecular weight excluding hydrogens is 310 g/mol. The van der Waals surface area contributed by atoms with Crippen LogP contribution in [-0.2, 0) is 17.9 Å². The van der Waals surface area contributed by atoms with Gasteiger partial charge in [-0.3, -0.25) is 9.69 Å². The van der Waals surface area contributed by atoms with Crippen LogP contribution < -0.4 is 10.2 Å². The van der Waals surface area contributed by atoms with Gasteiger partial charge in [-0.1, -0.05) is 36.4 Å². The van der Waals surface area contributed by atoms with E-state index in [1.165, 1.54) is 16.8 Å². The highest BCUT2D eigenvalue weighted by Crippen LogP contribution is 2.18. The molecule has 1 fully saturated rings. The maximum atomic E-state index is 11.0. The molecule has 132 valence electrons. The number of rotatable bonds is 5. The number of hydrogen-bond acceptors (Lipinski definition) is 3. The van der Waals surface area contributed by atoms with E-state index >= 15 is 0 Å². The molecule has 0 radical (unpaired) electrons. The van der Waals surface area contributed by atoms with Gasteiger partial charge in [0.1, 0.15) is 0 Å². The van der Waals surface area contributed by atoms with Crippen molar-refractivity contribution in [3.05, 3.63) is 65.2 Å². The molecule has 1 heterocycles. The Hall–Kier alpha value is -2.33. The van der Waals surface area contributed by atoms with Crippen molar-refractivity contribution in [3.8, 4) is 0 Å². The third-order valence-electron chi connectivity index (χ3n) is 4.71. The summed E-state index contributed by atoms with van der Waals surface area (Å²) < 4.78 is 0. The lowest BCUT2D eigenvalue weighted by Crippen LogP contribution is -2.45. The fraction of sp³-hybridized carbons (Fsp3) is 0.381.